The second kappa shape index (κ2) is 6.93. The number of benzene rings is 2. The number of nitrogens with one attached hydrogen (secondary N) is 1. The lowest BCUT2D eigenvalue weighted by Gasteiger charge is -2.18. The van der Waals surface area contributed by atoms with Crippen LogP contribution in [-0.2, 0) is 14.8 Å². The fourth-order valence-corrected chi connectivity index (χ4v) is 3.56. The molecular formula is C17H19NO4S. The molecule has 2 aromatic rings. The van der Waals surface area contributed by atoms with E-state index in [1.54, 1.807) is 19.9 Å². The van der Waals surface area contributed by atoms with Crippen molar-refractivity contribution < 1.29 is 18.3 Å². The minimum Gasteiger partial charge on any atom is -0.480 e. The van der Waals surface area contributed by atoms with Gasteiger partial charge < -0.3 is 5.11 Å². The normalized spacial score (nSPS) is 13.0. The van der Waals surface area contributed by atoms with Gasteiger partial charge in [-0.2, -0.15) is 4.72 Å². The van der Waals surface area contributed by atoms with Crippen LogP contribution in [0.15, 0.2) is 59.5 Å². The van der Waals surface area contributed by atoms with Crippen LogP contribution in [0.4, 0.5) is 0 Å². The van der Waals surface area contributed by atoms with Gasteiger partial charge in [0.2, 0.25) is 10.0 Å². The van der Waals surface area contributed by atoms with Gasteiger partial charge in [-0.3, -0.25) is 4.79 Å². The highest BCUT2D eigenvalue weighted by Gasteiger charge is 2.28. The van der Waals surface area contributed by atoms with Crippen molar-refractivity contribution in [3.8, 4) is 11.1 Å². The van der Waals surface area contributed by atoms with Gasteiger partial charge in [-0.1, -0.05) is 56.3 Å². The van der Waals surface area contributed by atoms with Crippen LogP contribution in [0.2, 0.25) is 0 Å². The zero-order valence-electron chi connectivity index (χ0n) is 12.9. The summed E-state index contributed by atoms with van der Waals surface area (Å²) in [5.41, 5.74) is 1.65. The molecule has 122 valence electrons. The number of hydrogen-bond donors (Lipinski definition) is 2. The SMILES string of the molecule is CC(C)[C@@H](NS(=O)(=O)c1cccc(-c2ccccc2)c1)C(=O)O. The Morgan fingerprint density at radius 2 is 1.61 bits per heavy atom. The standard InChI is InChI=1S/C17H19NO4S/c1-12(2)16(17(19)20)18-23(21,22)15-10-6-9-14(11-15)13-7-4-3-5-8-13/h3-12,16,18H,1-2H3,(H,19,20)/t16-/m1/s1. The number of carbonyl (C=O) groups is 1. The maximum Gasteiger partial charge on any atom is 0.322 e. The third kappa shape index (κ3) is 4.18. The molecule has 2 N–H and O–H groups in total. The van der Waals surface area contributed by atoms with E-state index in [-0.39, 0.29) is 10.8 Å². The number of hydrogen-bond acceptors (Lipinski definition) is 3. The molecule has 0 heterocycles. The molecule has 6 heteroatoms. The summed E-state index contributed by atoms with van der Waals surface area (Å²) in [5.74, 6) is -1.55. The van der Waals surface area contributed by atoms with Crippen molar-refractivity contribution in [3.63, 3.8) is 0 Å². The van der Waals surface area contributed by atoms with Gasteiger partial charge in [-0.25, -0.2) is 8.42 Å². The van der Waals surface area contributed by atoms with Crippen LogP contribution in [0.5, 0.6) is 0 Å². The molecule has 0 saturated heterocycles. The molecule has 2 aromatic carbocycles. The summed E-state index contributed by atoms with van der Waals surface area (Å²) in [7, 11) is -3.91. The zero-order chi connectivity index (χ0) is 17.0. The highest BCUT2D eigenvalue weighted by Crippen LogP contribution is 2.22. The molecule has 0 unspecified atom stereocenters. The fraction of sp³-hybridized carbons (Fsp3) is 0.235. The highest BCUT2D eigenvalue weighted by atomic mass is 32.2. The third-order valence-electron chi connectivity index (χ3n) is 3.47. The summed E-state index contributed by atoms with van der Waals surface area (Å²) in [6.07, 6.45) is 0. The Morgan fingerprint density at radius 3 is 2.17 bits per heavy atom. The number of sulfonamides is 1. The van der Waals surface area contributed by atoms with Crippen LogP contribution in [0.1, 0.15) is 13.8 Å². The Labute approximate surface area is 136 Å². The molecule has 2 rings (SSSR count). The largest absolute Gasteiger partial charge is 0.480 e. The summed E-state index contributed by atoms with van der Waals surface area (Å²) in [4.78, 5) is 11.3. The van der Waals surface area contributed by atoms with Crippen LogP contribution < -0.4 is 4.72 Å². The zero-order valence-corrected chi connectivity index (χ0v) is 13.7. The number of aliphatic carboxylic acids is 1. The van der Waals surface area contributed by atoms with Crippen molar-refractivity contribution in [2.45, 2.75) is 24.8 Å². The quantitative estimate of drug-likeness (QED) is 0.851. The van der Waals surface area contributed by atoms with E-state index in [0.717, 1.165) is 11.1 Å². The van der Waals surface area contributed by atoms with E-state index < -0.39 is 22.0 Å². The number of carboxylic acid groups (broad SMARTS) is 1. The minimum absolute atomic E-state index is 0.0470. The fourth-order valence-electron chi connectivity index (χ4n) is 2.18. The molecule has 0 aliphatic heterocycles. The Morgan fingerprint density at radius 1 is 1.00 bits per heavy atom. The Bertz CT molecular complexity index is 785. The molecule has 0 aliphatic carbocycles. The minimum atomic E-state index is -3.91. The third-order valence-corrected chi connectivity index (χ3v) is 4.91. The van der Waals surface area contributed by atoms with Crippen LogP contribution in [0, 0.1) is 5.92 Å². The van der Waals surface area contributed by atoms with Crippen LogP contribution in [0.3, 0.4) is 0 Å². The molecule has 5 nitrogen and oxygen atoms in total. The predicted octanol–water partition coefficient (Wildman–Crippen LogP) is 2.74. The van der Waals surface area contributed by atoms with Gasteiger partial charge in [-0.05, 0) is 29.2 Å². The average molecular weight is 333 g/mol. The van der Waals surface area contributed by atoms with Crippen molar-refractivity contribution in [1.29, 1.82) is 0 Å². The maximum absolute atomic E-state index is 12.5. The van der Waals surface area contributed by atoms with Gasteiger partial charge >= 0.3 is 5.97 Å². The first kappa shape index (κ1) is 17.2. The highest BCUT2D eigenvalue weighted by molar-refractivity contribution is 7.89. The van der Waals surface area contributed by atoms with E-state index in [2.05, 4.69) is 4.72 Å². The van der Waals surface area contributed by atoms with Crippen molar-refractivity contribution in [2.24, 2.45) is 5.92 Å². The smallest absolute Gasteiger partial charge is 0.322 e. The summed E-state index contributed by atoms with van der Waals surface area (Å²) >= 11 is 0. The predicted molar refractivity (Wildman–Crippen MR) is 88.5 cm³/mol. The van der Waals surface area contributed by atoms with E-state index in [4.69, 9.17) is 5.11 Å². The summed E-state index contributed by atoms with van der Waals surface area (Å²) in [6.45, 7) is 3.31. The first-order valence-electron chi connectivity index (χ1n) is 7.22. The number of rotatable bonds is 6. The van der Waals surface area contributed by atoms with E-state index in [9.17, 15) is 13.2 Å². The number of carboxylic acids is 1. The van der Waals surface area contributed by atoms with Crippen molar-refractivity contribution in [1.82, 2.24) is 4.72 Å². The van der Waals surface area contributed by atoms with E-state index >= 15 is 0 Å². The molecule has 0 fully saturated rings. The molecule has 0 aliphatic rings. The van der Waals surface area contributed by atoms with Crippen molar-refractivity contribution in [2.75, 3.05) is 0 Å². The van der Waals surface area contributed by atoms with Gasteiger partial charge in [0.1, 0.15) is 6.04 Å². The molecule has 0 radical (unpaired) electrons. The summed E-state index contributed by atoms with van der Waals surface area (Å²) in [6, 6.07) is 14.7. The summed E-state index contributed by atoms with van der Waals surface area (Å²) in [5, 5.41) is 9.16. The van der Waals surface area contributed by atoms with Crippen LogP contribution in [-0.4, -0.2) is 25.5 Å². The topological polar surface area (TPSA) is 83.5 Å². The van der Waals surface area contributed by atoms with Gasteiger partial charge in [0.05, 0.1) is 4.90 Å². The Balaban J connectivity index is 2.36. The molecule has 0 spiro atoms. The van der Waals surface area contributed by atoms with E-state index in [1.165, 1.54) is 12.1 Å². The first-order chi connectivity index (χ1) is 10.8. The maximum atomic E-state index is 12.5. The molecule has 23 heavy (non-hydrogen) atoms. The van der Waals surface area contributed by atoms with Gasteiger partial charge in [0.15, 0.2) is 0 Å². The molecule has 0 saturated carbocycles. The molecule has 0 aromatic heterocycles. The molecule has 1 atom stereocenters. The second-order valence-corrected chi connectivity index (χ2v) is 7.29. The Hall–Kier alpha value is -2.18. The molecule has 0 bridgehead atoms. The lowest BCUT2D eigenvalue weighted by Crippen LogP contribution is -2.44. The van der Waals surface area contributed by atoms with Gasteiger partial charge in [0.25, 0.3) is 0 Å². The van der Waals surface area contributed by atoms with Gasteiger partial charge in [0, 0.05) is 0 Å². The van der Waals surface area contributed by atoms with Crippen LogP contribution >= 0.6 is 0 Å². The van der Waals surface area contributed by atoms with Crippen molar-refractivity contribution >= 4 is 16.0 Å². The van der Waals surface area contributed by atoms with Crippen molar-refractivity contribution in [3.05, 3.63) is 54.6 Å². The van der Waals surface area contributed by atoms with E-state index in [1.807, 2.05) is 36.4 Å². The van der Waals surface area contributed by atoms with Gasteiger partial charge in [-0.15, -0.1) is 0 Å². The second-order valence-electron chi connectivity index (χ2n) is 5.58. The van der Waals surface area contributed by atoms with E-state index in [0.29, 0.717) is 0 Å². The monoisotopic (exact) mass is 333 g/mol. The van der Waals surface area contributed by atoms with Crippen LogP contribution in [0.25, 0.3) is 11.1 Å². The molecule has 0 amide bonds. The summed E-state index contributed by atoms with van der Waals surface area (Å²) < 4.78 is 27.2. The lowest BCUT2D eigenvalue weighted by atomic mass is 10.1. The first-order valence-corrected chi connectivity index (χ1v) is 8.70. The lowest BCUT2D eigenvalue weighted by molar-refractivity contribution is -0.140. The average Bonchev–Trinajstić information content (AvgIpc) is 2.53. The Kier molecular flexibility index (Phi) is 5.18. The molecular weight excluding hydrogens is 314 g/mol.